The minimum Gasteiger partial charge on any atom is -0.428 e. The van der Waals surface area contributed by atoms with E-state index in [4.69, 9.17) is 22.6 Å². The van der Waals surface area contributed by atoms with Crippen LogP contribution in [0, 0.1) is 0 Å². The third-order valence-corrected chi connectivity index (χ3v) is 10.0. The molecule has 0 unspecified atom stereocenters. The van der Waals surface area contributed by atoms with Crippen LogP contribution in [-0.4, -0.2) is 52.3 Å². The summed E-state index contributed by atoms with van der Waals surface area (Å²) in [6, 6.07) is 20.1. The topological polar surface area (TPSA) is 118 Å². The lowest BCUT2D eigenvalue weighted by atomic mass is 10.2. The quantitative estimate of drug-likeness (QED) is 0.182. The fourth-order valence-electron chi connectivity index (χ4n) is 3.78. The number of ether oxygens (including phenoxy) is 4. The van der Waals surface area contributed by atoms with Gasteiger partial charge in [0, 0.05) is 34.5 Å². The summed E-state index contributed by atoms with van der Waals surface area (Å²) in [7, 11) is -3.17. The number of hydrogen-bond donors (Lipinski definition) is 0. The molecule has 3 aromatic rings. The van der Waals surface area contributed by atoms with Gasteiger partial charge in [-0.3, -0.25) is 0 Å². The van der Waals surface area contributed by atoms with Gasteiger partial charge in [-0.25, -0.2) is 13.2 Å². The summed E-state index contributed by atoms with van der Waals surface area (Å²) < 4.78 is 52.8. The molecule has 3 aromatic carbocycles. The van der Waals surface area contributed by atoms with Gasteiger partial charge < -0.3 is 23.8 Å². The first kappa shape index (κ1) is 33.8. The summed E-state index contributed by atoms with van der Waals surface area (Å²) in [5.74, 6) is 0.407. The Balaban J connectivity index is 2.14. The van der Waals surface area contributed by atoms with Crippen LogP contribution in [0.3, 0.4) is 0 Å². The molecule has 0 aliphatic heterocycles. The van der Waals surface area contributed by atoms with Crippen LogP contribution in [0.25, 0.3) is 0 Å². The van der Waals surface area contributed by atoms with E-state index in [2.05, 4.69) is 0 Å². The maximum atomic E-state index is 12.9. The van der Waals surface area contributed by atoms with Crippen molar-refractivity contribution < 1.29 is 40.6 Å². The molecule has 0 saturated carbocycles. The maximum Gasteiger partial charge on any atom is 0.514 e. The second-order valence-electron chi connectivity index (χ2n) is 11.8. The van der Waals surface area contributed by atoms with E-state index in [1.54, 1.807) is 90.1 Å². The molecule has 12 heteroatoms. The number of benzene rings is 3. The summed E-state index contributed by atoms with van der Waals surface area (Å²) in [6.45, 7) is 10.4. The second-order valence-corrected chi connectivity index (χ2v) is 16.3. The molecule has 0 heterocycles. The van der Waals surface area contributed by atoms with Crippen molar-refractivity contribution in [2.45, 2.75) is 67.4 Å². The van der Waals surface area contributed by atoms with Crippen molar-refractivity contribution in [2.24, 2.45) is 0 Å². The number of anilines is 1. The average molecular weight is 634 g/mol. The summed E-state index contributed by atoms with van der Waals surface area (Å²) in [5, 5.41) is 0. The molecule has 0 aromatic heterocycles. The number of carbonyl (C=O) groups is 2. The summed E-state index contributed by atoms with van der Waals surface area (Å²) in [4.78, 5) is 28.0. The van der Waals surface area contributed by atoms with Crippen LogP contribution >= 0.6 is 10.3 Å². The maximum absolute atomic E-state index is 12.9. The van der Waals surface area contributed by atoms with Crippen LogP contribution in [0.5, 0.6) is 11.5 Å². The molecule has 0 fully saturated rings. The first-order valence-electron chi connectivity index (χ1n) is 13.3. The van der Waals surface area contributed by atoms with Crippen molar-refractivity contribution in [1.29, 1.82) is 0 Å². The van der Waals surface area contributed by atoms with Gasteiger partial charge in [-0.1, -0.05) is 0 Å². The zero-order valence-electron chi connectivity index (χ0n) is 25.9. The molecule has 0 bridgehead atoms. The number of nitrogens with zero attached hydrogens (tertiary/aromatic N) is 1. The van der Waals surface area contributed by atoms with Crippen molar-refractivity contribution in [3.63, 3.8) is 0 Å². The van der Waals surface area contributed by atoms with Gasteiger partial charge in [-0.15, -0.1) is 0 Å². The van der Waals surface area contributed by atoms with E-state index in [1.165, 1.54) is 0 Å². The van der Waals surface area contributed by atoms with E-state index >= 15 is 0 Å². The molecular formula is C31H39NO9S2. The highest BCUT2D eigenvalue weighted by Gasteiger charge is 2.37. The number of carbonyl (C=O) groups excluding carboxylic acids is 2. The highest BCUT2D eigenvalue weighted by atomic mass is 32.3. The van der Waals surface area contributed by atoms with Gasteiger partial charge >= 0.3 is 12.3 Å². The van der Waals surface area contributed by atoms with Crippen LogP contribution in [-0.2, 0) is 23.2 Å². The predicted octanol–water partition coefficient (Wildman–Crippen LogP) is 7.55. The van der Waals surface area contributed by atoms with Gasteiger partial charge in [0.15, 0.2) is 0 Å². The van der Waals surface area contributed by atoms with Crippen LogP contribution in [0.1, 0.15) is 41.5 Å². The monoisotopic (exact) mass is 633 g/mol. The molecule has 234 valence electrons. The van der Waals surface area contributed by atoms with Gasteiger partial charge in [0.1, 0.15) is 22.7 Å². The van der Waals surface area contributed by atoms with E-state index in [0.717, 1.165) is 11.9 Å². The molecule has 43 heavy (non-hydrogen) atoms. The Morgan fingerprint density at radius 3 is 1.21 bits per heavy atom. The lowest BCUT2D eigenvalue weighted by Gasteiger charge is -2.39. The van der Waals surface area contributed by atoms with Gasteiger partial charge in [0.25, 0.3) is 10.1 Å². The van der Waals surface area contributed by atoms with Crippen molar-refractivity contribution in [3.8, 4) is 11.5 Å². The van der Waals surface area contributed by atoms with Crippen LogP contribution < -0.4 is 14.4 Å². The van der Waals surface area contributed by atoms with Gasteiger partial charge in [-0.2, -0.15) is 8.42 Å². The predicted molar refractivity (Wildman–Crippen MR) is 166 cm³/mol. The van der Waals surface area contributed by atoms with E-state index < -0.39 is 43.9 Å². The molecule has 0 atom stereocenters. The third-order valence-electron chi connectivity index (χ3n) is 5.40. The average Bonchev–Trinajstić information content (AvgIpc) is 2.85. The molecule has 0 radical (unpaired) electrons. The number of hydrogen-bond acceptors (Lipinski definition) is 10. The fraction of sp³-hybridized carbons (Fsp3) is 0.355. The Kier molecular flexibility index (Phi) is 10.1. The first-order valence-corrected chi connectivity index (χ1v) is 16.7. The lowest BCUT2D eigenvalue weighted by molar-refractivity contribution is 0.0193. The Hall–Kier alpha value is -3.74. The minimum atomic E-state index is -4.04. The first-order chi connectivity index (χ1) is 19.8. The molecule has 0 saturated heterocycles. The highest BCUT2D eigenvalue weighted by Crippen LogP contribution is 2.70. The number of rotatable bonds is 8. The second kappa shape index (κ2) is 12.9. The van der Waals surface area contributed by atoms with Crippen molar-refractivity contribution in [2.75, 3.05) is 25.3 Å². The summed E-state index contributed by atoms with van der Waals surface area (Å²) in [5.41, 5.74) is -0.575. The fourth-order valence-corrected chi connectivity index (χ4v) is 8.58. The summed E-state index contributed by atoms with van der Waals surface area (Å²) >= 11 is 0. The van der Waals surface area contributed by atoms with Crippen LogP contribution in [0.4, 0.5) is 15.3 Å². The minimum absolute atomic E-state index is 0.203. The van der Waals surface area contributed by atoms with Crippen LogP contribution in [0.2, 0.25) is 0 Å². The molecular weight excluding hydrogens is 594 g/mol. The molecule has 0 aliphatic carbocycles. The zero-order chi connectivity index (χ0) is 32.2. The molecule has 10 nitrogen and oxygen atoms in total. The Morgan fingerprint density at radius 1 is 0.605 bits per heavy atom. The van der Waals surface area contributed by atoms with Gasteiger partial charge in [0.05, 0.1) is 6.26 Å². The Morgan fingerprint density at radius 2 is 0.930 bits per heavy atom. The standard InChI is InChI=1S/C31H39NO9S2/c1-30(2,3)39-28(33)37-23-12-18-26(19-13-23)43(41-42(9,35)36,25-16-10-22(11-17-25)32(7)8)27-20-14-24(15-21-27)38-29(34)40-31(4,5)6/h10-21H,1-9H3. The molecule has 3 rings (SSSR count). The normalized spacial score (nSPS) is 12.7. The van der Waals surface area contributed by atoms with Crippen molar-refractivity contribution in [3.05, 3.63) is 72.8 Å². The third kappa shape index (κ3) is 9.63. The van der Waals surface area contributed by atoms with Gasteiger partial charge in [-0.05, 0) is 125 Å². The Bertz CT molecular complexity index is 1450. The molecule has 0 spiro atoms. The van der Waals surface area contributed by atoms with E-state index in [9.17, 15) is 18.0 Å². The SMILES string of the molecule is CN(C)c1ccc(S(OS(C)(=O)=O)(c2ccc(OC(=O)OC(C)(C)C)cc2)c2ccc(OC(=O)OC(C)(C)C)cc2)cc1. The molecule has 0 N–H and O–H groups in total. The van der Waals surface area contributed by atoms with Crippen molar-refractivity contribution in [1.82, 2.24) is 0 Å². The smallest absolute Gasteiger partial charge is 0.428 e. The van der Waals surface area contributed by atoms with Gasteiger partial charge in [0.2, 0.25) is 0 Å². The largest absolute Gasteiger partial charge is 0.514 e. The molecule has 0 aliphatic rings. The van der Waals surface area contributed by atoms with Crippen LogP contribution in [0.15, 0.2) is 87.5 Å². The lowest BCUT2D eigenvalue weighted by Crippen LogP contribution is -2.26. The van der Waals surface area contributed by atoms with E-state index in [-0.39, 0.29) is 11.5 Å². The summed E-state index contributed by atoms with van der Waals surface area (Å²) in [6.07, 6.45) is -0.750. The molecule has 0 amide bonds. The van der Waals surface area contributed by atoms with E-state index in [1.807, 2.05) is 43.3 Å². The van der Waals surface area contributed by atoms with E-state index in [0.29, 0.717) is 14.7 Å². The van der Waals surface area contributed by atoms with Crippen molar-refractivity contribution >= 4 is 38.4 Å². The zero-order valence-corrected chi connectivity index (χ0v) is 27.5. The highest BCUT2D eigenvalue weighted by molar-refractivity contribution is 8.33. The Labute approximate surface area is 255 Å².